The van der Waals surface area contributed by atoms with Crippen LogP contribution < -0.4 is 5.73 Å². The van der Waals surface area contributed by atoms with Crippen molar-refractivity contribution in [3.05, 3.63) is 35.8 Å². The van der Waals surface area contributed by atoms with Crippen LogP contribution in [-0.2, 0) is 0 Å². The summed E-state index contributed by atoms with van der Waals surface area (Å²) in [5.41, 5.74) is 7.93. The molecule has 14 heavy (non-hydrogen) atoms. The fourth-order valence-electron chi connectivity index (χ4n) is 1.13. The van der Waals surface area contributed by atoms with Gasteiger partial charge < -0.3 is 11.1 Å². The molecule has 0 aromatic carbocycles. The zero-order valence-corrected chi connectivity index (χ0v) is 8.49. The van der Waals surface area contributed by atoms with Crippen LogP contribution in [0.15, 0.2) is 24.5 Å². The second-order valence-corrected chi connectivity index (χ2v) is 3.40. The molecule has 74 valence electrons. The lowest BCUT2D eigenvalue weighted by molar-refractivity contribution is 0.857. The zero-order chi connectivity index (χ0) is 10.6. The standard InChI is InChI=1S/C11H15N3/c1-8(2)9-3-4-11(14-7-9)10(5-12)6-13/h3-8,12H,13H2,1-2H3/b10-6+,12-5?. The normalized spacial score (nSPS) is 11.8. The van der Waals surface area contributed by atoms with Crippen LogP contribution >= 0.6 is 0 Å². The van der Waals surface area contributed by atoms with Crippen LogP contribution in [-0.4, -0.2) is 11.2 Å². The minimum atomic E-state index is 0.474. The zero-order valence-electron chi connectivity index (χ0n) is 8.49. The molecule has 1 heterocycles. The van der Waals surface area contributed by atoms with Crippen molar-refractivity contribution in [2.75, 3.05) is 0 Å². The Labute approximate surface area is 84.2 Å². The molecule has 3 heteroatoms. The van der Waals surface area contributed by atoms with Crippen LogP contribution in [0.5, 0.6) is 0 Å². The van der Waals surface area contributed by atoms with Crippen LogP contribution in [0.4, 0.5) is 0 Å². The van der Waals surface area contributed by atoms with Crippen LogP contribution in [0.2, 0.25) is 0 Å². The summed E-state index contributed by atoms with van der Waals surface area (Å²) in [6, 6.07) is 3.90. The van der Waals surface area contributed by atoms with Crippen molar-refractivity contribution in [1.82, 2.24) is 4.98 Å². The largest absolute Gasteiger partial charge is 0.404 e. The first-order valence-electron chi connectivity index (χ1n) is 4.57. The second-order valence-electron chi connectivity index (χ2n) is 3.40. The molecule has 0 bridgehead atoms. The highest BCUT2D eigenvalue weighted by atomic mass is 14.7. The van der Waals surface area contributed by atoms with Crippen LogP contribution in [0, 0.1) is 5.41 Å². The number of pyridine rings is 1. The Morgan fingerprint density at radius 2 is 2.21 bits per heavy atom. The molecule has 0 fully saturated rings. The molecular formula is C11H15N3. The monoisotopic (exact) mass is 189 g/mol. The average Bonchev–Trinajstić information content (AvgIpc) is 2.20. The Morgan fingerprint density at radius 1 is 1.50 bits per heavy atom. The van der Waals surface area contributed by atoms with Crippen molar-refractivity contribution < 1.29 is 0 Å². The molecule has 0 spiro atoms. The van der Waals surface area contributed by atoms with E-state index in [0.717, 1.165) is 5.69 Å². The van der Waals surface area contributed by atoms with Crippen molar-refractivity contribution >= 4 is 11.8 Å². The van der Waals surface area contributed by atoms with E-state index in [9.17, 15) is 0 Å². The molecule has 0 aliphatic heterocycles. The number of allylic oxidation sites excluding steroid dienone is 1. The van der Waals surface area contributed by atoms with E-state index in [0.29, 0.717) is 11.5 Å². The highest BCUT2D eigenvalue weighted by molar-refractivity contribution is 6.07. The molecule has 3 nitrogen and oxygen atoms in total. The highest BCUT2D eigenvalue weighted by Gasteiger charge is 2.02. The van der Waals surface area contributed by atoms with E-state index in [1.54, 1.807) is 0 Å². The summed E-state index contributed by atoms with van der Waals surface area (Å²) in [6.45, 7) is 4.24. The van der Waals surface area contributed by atoms with Gasteiger partial charge in [0.05, 0.1) is 5.69 Å². The molecule has 0 amide bonds. The third-order valence-corrected chi connectivity index (χ3v) is 2.08. The minimum absolute atomic E-state index is 0.474. The number of nitrogens with two attached hydrogens (primary N) is 1. The number of rotatable bonds is 3. The van der Waals surface area contributed by atoms with Crippen LogP contribution in [0.25, 0.3) is 5.57 Å². The van der Waals surface area contributed by atoms with Gasteiger partial charge in [-0.15, -0.1) is 0 Å². The smallest absolute Gasteiger partial charge is 0.0731 e. The van der Waals surface area contributed by atoms with Crippen molar-refractivity contribution in [3.63, 3.8) is 0 Å². The van der Waals surface area contributed by atoms with Gasteiger partial charge in [0.15, 0.2) is 0 Å². The van der Waals surface area contributed by atoms with E-state index in [4.69, 9.17) is 11.1 Å². The van der Waals surface area contributed by atoms with E-state index in [-0.39, 0.29) is 0 Å². The molecular weight excluding hydrogens is 174 g/mol. The van der Waals surface area contributed by atoms with Gasteiger partial charge in [-0.05, 0) is 17.5 Å². The van der Waals surface area contributed by atoms with Crippen LogP contribution in [0.1, 0.15) is 31.0 Å². The molecule has 0 aliphatic rings. The van der Waals surface area contributed by atoms with Gasteiger partial charge in [-0.25, -0.2) is 0 Å². The van der Waals surface area contributed by atoms with Gasteiger partial charge in [-0.3, -0.25) is 4.98 Å². The molecule has 1 rings (SSSR count). The van der Waals surface area contributed by atoms with Gasteiger partial charge >= 0.3 is 0 Å². The van der Waals surface area contributed by atoms with E-state index in [1.807, 2.05) is 18.3 Å². The molecule has 0 saturated carbocycles. The van der Waals surface area contributed by atoms with Crippen LogP contribution in [0.3, 0.4) is 0 Å². The van der Waals surface area contributed by atoms with E-state index in [1.165, 1.54) is 18.0 Å². The van der Waals surface area contributed by atoms with Crippen molar-refractivity contribution in [2.24, 2.45) is 5.73 Å². The Bertz CT molecular complexity index is 336. The number of aromatic nitrogens is 1. The van der Waals surface area contributed by atoms with Gasteiger partial charge in [-0.2, -0.15) is 0 Å². The first-order valence-corrected chi connectivity index (χ1v) is 4.57. The Balaban J connectivity index is 2.99. The summed E-state index contributed by atoms with van der Waals surface area (Å²) in [7, 11) is 0. The predicted octanol–water partition coefficient (Wildman–Crippen LogP) is 2.15. The Hall–Kier alpha value is -1.64. The summed E-state index contributed by atoms with van der Waals surface area (Å²) in [6.07, 6.45) is 4.43. The maximum Gasteiger partial charge on any atom is 0.0731 e. The molecule has 3 N–H and O–H groups in total. The van der Waals surface area contributed by atoms with Crippen molar-refractivity contribution in [2.45, 2.75) is 19.8 Å². The molecule has 0 saturated heterocycles. The molecule has 1 aromatic rings. The first-order chi connectivity index (χ1) is 6.69. The molecule has 0 unspecified atom stereocenters. The van der Waals surface area contributed by atoms with Crippen molar-refractivity contribution in [3.8, 4) is 0 Å². The molecule has 1 aromatic heterocycles. The summed E-state index contributed by atoms with van der Waals surface area (Å²) >= 11 is 0. The van der Waals surface area contributed by atoms with Gasteiger partial charge in [0, 0.05) is 24.2 Å². The SMILES string of the molecule is CC(C)c1ccc(/C(C=N)=C/N)nc1. The van der Waals surface area contributed by atoms with Gasteiger partial charge in [-0.1, -0.05) is 19.9 Å². The number of hydrogen-bond acceptors (Lipinski definition) is 3. The third kappa shape index (κ3) is 2.19. The second kappa shape index (κ2) is 4.56. The highest BCUT2D eigenvalue weighted by Crippen LogP contribution is 2.15. The average molecular weight is 189 g/mol. The number of nitrogens with one attached hydrogen (secondary N) is 1. The Morgan fingerprint density at radius 3 is 2.57 bits per heavy atom. The maximum absolute atomic E-state index is 7.12. The first kappa shape index (κ1) is 10.4. The molecule has 0 atom stereocenters. The maximum atomic E-state index is 7.12. The lowest BCUT2D eigenvalue weighted by atomic mass is 10.0. The Kier molecular flexibility index (Phi) is 3.40. The number of nitrogens with zero attached hydrogens (tertiary/aromatic N) is 1. The lowest BCUT2D eigenvalue weighted by Gasteiger charge is -2.05. The predicted molar refractivity (Wildman–Crippen MR) is 59.3 cm³/mol. The van der Waals surface area contributed by atoms with E-state index < -0.39 is 0 Å². The van der Waals surface area contributed by atoms with E-state index in [2.05, 4.69) is 18.8 Å². The fraction of sp³-hybridized carbons (Fsp3) is 0.273. The third-order valence-electron chi connectivity index (χ3n) is 2.08. The summed E-state index contributed by atoms with van der Waals surface area (Å²) in [5, 5.41) is 7.12. The van der Waals surface area contributed by atoms with Crippen molar-refractivity contribution in [1.29, 1.82) is 5.41 Å². The van der Waals surface area contributed by atoms with Gasteiger partial charge in [0.1, 0.15) is 0 Å². The summed E-state index contributed by atoms with van der Waals surface area (Å²) in [4.78, 5) is 4.24. The molecule has 0 aliphatic carbocycles. The molecule has 0 radical (unpaired) electrons. The lowest BCUT2D eigenvalue weighted by Crippen LogP contribution is -1.96. The number of hydrogen-bond donors (Lipinski definition) is 2. The summed E-state index contributed by atoms with van der Waals surface area (Å²) < 4.78 is 0. The minimum Gasteiger partial charge on any atom is -0.404 e. The topological polar surface area (TPSA) is 62.8 Å². The fourth-order valence-corrected chi connectivity index (χ4v) is 1.13. The quantitative estimate of drug-likeness (QED) is 0.716. The summed E-state index contributed by atoms with van der Waals surface area (Å²) in [5.74, 6) is 0.474. The van der Waals surface area contributed by atoms with E-state index >= 15 is 0 Å². The van der Waals surface area contributed by atoms with Gasteiger partial charge in [0.25, 0.3) is 0 Å². The van der Waals surface area contributed by atoms with Gasteiger partial charge in [0.2, 0.25) is 0 Å².